The first-order chi connectivity index (χ1) is 11.7. The number of hydrogen-bond acceptors (Lipinski definition) is 4. The molecule has 0 aromatic carbocycles. The van der Waals surface area contributed by atoms with Gasteiger partial charge in [-0.3, -0.25) is 9.78 Å². The highest BCUT2D eigenvalue weighted by atomic mass is 16.3. The van der Waals surface area contributed by atoms with Gasteiger partial charge in [0.05, 0.1) is 11.7 Å². The smallest absolute Gasteiger partial charge is 0.258 e. The van der Waals surface area contributed by atoms with Crippen LogP contribution in [0.5, 0.6) is 0 Å². The zero-order chi connectivity index (χ0) is 16.5. The molecule has 24 heavy (non-hydrogen) atoms. The summed E-state index contributed by atoms with van der Waals surface area (Å²) in [5.41, 5.74) is 2.01. The van der Waals surface area contributed by atoms with E-state index in [4.69, 9.17) is 0 Å². The number of nitrogens with one attached hydrogen (secondary N) is 1. The number of aromatic nitrogens is 3. The summed E-state index contributed by atoms with van der Waals surface area (Å²) < 4.78 is 1.99. The molecule has 0 saturated heterocycles. The van der Waals surface area contributed by atoms with Gasteiger partial charge in [0.25, 0.3) is 5.91 Å². The molecule has 3 heterocycles. The van der Waals surface area contributed by atoms with Gasteiger partial charge >= 0.3 is 0 Å². The van der Waals surface area contributed by atoms with Crippen molar-refractivity contribution in [3.05, 3.63) is 30.0 Å². The number of aliphatic hydroxyl groups is 1. The van der Waals surface area contributed by atoms with Crippen molar-refractivity contribution >= 4 is 22.5 Å². The van der Waals surface area contributed by atoms with Crippen LogP contribution in [0.3, 0.4) is 0 Å². The number of hydrogen-bond donors (Lipinski definition) is 2. The number of nitrogens with zero attached hydrogens (tertiary/aromatic N) is 3. The molecule has 1 saturated carbocycles. The lowest BCUT2D eigenvalue weighted by Crippen LogP contribution is -2.33. The summed E-state index contributed by atoms with van der Waals surface area (Å²) in [6.07, 6.45) is 10.0. The van der Waals surface area contributed by atoms with E-state index >= 15 is 0 Å². The summed E-state index contributed by atoms with van der Waals surface area (Å²) in [6, 6.07) is 1.89. The Balaban J connectivity index is 1.59. The number of aryl methyl sites for hydroxylation is 1. The first kappa shape index (κ1) is 15.2. The number of imidazole rings is 1. The summed E-state index contributed by atoms with van der Waals surface area (Å²) in [7, 11) is 0. The molecule has 1 fully saturated rings. The molecular weight excluding hydrogens is 304 g/mol. The molecule has 0 radical (unpaired) electrons. The van der Waals surface area contributed by atoms with E-state index in [9.17, 15) is 9.90 Å². The SMILES string of the molecule is O=C(NCC1CCCCC1)C1=C(O)CCn2c1nc1cnccc12. The van der Waals surface area contributed by atoms with Gasteiger partial charge in [0.2, 0.25) is 0 Å². The van der Waals surface area contributed by atoms with Crippen LogP contribution in [0.1, 0.15) is 44.3 Å². The van der Waals surface area contributed by atoms with Gasteiger partial charge in [-0.25, -0.2) is 4.98 Å². The summed E-state index contributed by atoms with van der Waals surface area (Å²) in [5, 5.41) is 13.3. The summed E-state index contributed by atoms with van der Waals surface area (Å²) in [6.45, 7) is 1.30. The molecule has 2 aromatic rings. The number of allylic oxidation sites excluding steroid dienone is 1. The van der Waals surface area contributed by atoms with E-state index in [2.05, 4.69) is 15.3 Å². The second-order valence-corrected chi connectivity index (χ2v) is 6.74. The lowest BCUT2D eigenvalue weighted by Gasteiger charge is -2.23. The summed E-state index contributed by atoms with van der Waals surface area (Å²) in [5.74, 6) is 1.01. The van der Waals surface area contributed by atoms with Crippen LogP contribution in [-0.4, -0.2) is 32.1 Å². The van der Waals surface area contributed by atoms with Crippen LogP contribution in [0.2, 0.25) is 0 Å². The predicted molar refractivity (Wildman–Crippen MR) is 91.3 cm³/mol. The standard InChI is InChI=1S/C18H22N4O2/c23-15-7-9-22-14-6-8-19-11-13(14)21-17(22)16(15)18(24)20-10-12-4-2-1-3-5-12/h6,8,11-12,23H,1-5,7,9-10H2,(H,20,24). The third kappa shape index (κ3) is 2.66. The molecule has 2 aromatic heterocycles. The van der Waals surface area contributed by atoms with Gasteiger partial charge in [-0.15, -0.1) is 0 Å². The number of carbonyl (C=O) groups excluding carboxylic acids is 1. The van der Waals surface area contributed by atoms with Crippen LogP contribution < -0.4 is 5.32 Å². The molecule has 2 N–H and O–H groups in total. The molecule has 2 aliphatic rings. The fourth-order valence-electron chi connectivity index (χ4n) is 3.82. The van der Waals surface area contributed by atoms with Crippen molar-refractivity contribution in [3.8, 4) is 0 Å². The Hall–Kier alpha value is -2.37. The highest BCUT2D eigenvalue weighted by Gasteiger charge is 2.28. The fraction of sp³-hybridized carbons (Fsp3) is 0.500. The van der Waals surface area contributed by atoms with E-state index in [1.165, 1.54) is 32.1 Å². The van der Waals surface area contributed by atoms with Gasteiger partial charge in [-0.2, -0.15) is 0 Å². The largest absolute Gasteiger partial charge is 0.511 e. The molecule has 1 amide bonds. The molecule has 0 spiro atoms. The van der Waals surface area contributed by atoms with E-state index in [0.717, 1.165) is 11.0 Å². The maximum Gasteiger partial charge on any atom is 0.258 e. The van der Waals surface area contributed by atoms with Crippen molar-refractivity contribution in [1.82, 2.24) is 19.9 Å². The van der Waals surface area contributed by atoms with Gasteiger partial charge in [-0.05, 0) is 24.8 Å². The maximum atomic E-state index is 12.7. The number of amides is 1. The van der Waals surface area contributed by atoms with Crippen molar-refractivity contribution in [2.24, 2.45) is 5.92 Å². The van der Waals surface area contributed by atoms with Crippen molar-refractivity contribution in [2.45, 2.75) is 45.1 Å². The molecular formula is C18H22N4O2. The number of pyridine rings is 1. The number of carbonyl (C=O) groups is 1. The van der Waals surface area contributed by atoms with Crippen molar-refractivity contribution in [1.29, 1.82) is 0 Å². The van der Waals surface area contributed by atoms with E-state index < -0.39 is 0 Å². The predicted octanol–water partition coefficient (Wildman–Crippen LogP) is 2.80. The Labute approximate surface area is 140 Å². The zero-order valence-corrected chi connectivity index (χ0v) is 13.7. The first-order valence-corrected chi connectivity index (χ1v) is 8.75. The minimum Gasteiger partial charge on any atom is -0.511 e. The molecule has 0 bridgehead atoms. The third-order valence-electron chi connectivity index (χ3n) is 5.14. The van der Waals surface area contributed by atoms with Crippen LogP contribution in [0.15, 0.2) is 24.2 Å². The topological polar surface area (TPSA) is 80.0 Å². The fourth-order valence-corrected chi connectivity index (χ4v) is 3.82. The van der Waals surface area contributed by atoms with Gasteiger partial charge in [0.15, 0.2) is 0 Å². The van der Waals surface area contributed by atoms with Gasteiger partial charge in [0.1, 0.15) is 22.7 Å². The Morgan fingerprint density at radius 3 is 3.00 bits per heavy atom. The van der Waals surface area contributed by atoms with Crippen LogP contribution >= 0.6 is 0 Å². The van der Waals surface area contributed by atoms with Gasteiger partial charge in [0, 0.05) is 25.7 Å². The average molecular weight is 326 g/mol. The molecule has 1 aliphatic carbocycles. The maximum absolute atomic E-state index is 12.7. The van der Waals surface area contributed by atoms with Crippen LogP contribution in [0.25, 0.3) is 16.6 Å². The van der Waals surface area contributed by atoms with Gasteiger partial charge in [-0.1, -0.05) is 19.3 Å². The van der Waals surface area contributed by atoms with Crippen LogP contribution in [0, 0.1) is 5.92 Å². The van der Waals surface area contributed by atoms with E-state index in [-0.39, 0.29) is 11.7 Å². The lowest BCUT2D eigenvalue weighted by atomic mass is 9.89. The van der Waals surface area contributed by atoms with E-state index in [0.29, 0.717) is 36.8 Å². The Bertz CT molecular complexity index is 802. The number of aliphatic hydroxyl groups excluding tert-OH is 1. The minimum absolute atomic E-state index is 0.131. The van der Waals surface area contributed by atoms with E-state index in [1.807, 2.05) is 10.6 Å². The number of rotatable bonds is 3. The molecule has 0 atom stereocenters. The molecule has 126 valence electrons. The average Bonchev–Trinajstić information content (AvgIpc) is 2.99. The minimum atomic E-state index is -0.220. The number of fused-ring (bicyclic) bond motifs is 3. The molecule has 6 nitrogen and oxygen atoms in total. The highest BCUT2D eigenvalue weighted by molar-refractivity contribution is 6.19. The van der Waals surface area contributed by atoms with Crippen molar-refractivity contribution < 1.29 is 9.90 Å². The van der Waals surface area contributed by atoms with Crippen molar-refractivity contribution in [2.75, 3.05) is 6.54 Å². The van der Waals surface area contributed by atoms with Crippen LogP contribution in [-0.2, 0) is 11.3 Å². The van der Waals surface area contributed by atoms with Crippen molar-refractivity contribution in [3.63, 3.8) is 0 Å². The van der Waals surface area contributed by atoms with E-state index in [1.54, 1.807) is 12.4 Å². The zero-order valence-electron chi connectivity index (χ0n) is 13.7. The summed E-state index contributed by atoms with van der Waals surface area (Å²) >= 11 is 0. The quantitative estimate of drug-likeness (QED) is 0.909. The monoisotopic (exact) mass is 326 g/mol. The third-order valence-corrected chi connectivity index (χ3v) is 5.14. The first-order valence-electron chi connectivity index (χ1n) is 8.75. The molecule has 1 aliphatic heterocycles. The molecule has 0 unspecified atom stereocenters. The lowest BCUT2D eigenvalue weighted by molar-refractivity contribution is -0.116. The molecule has 4 rings (SSSR count). The normalized spacial score (nSPS) is 18.7. The van der Waals surface area contributed by atoms with Crippen LogP contribution in [0.4, 0.5) is 0 Å². The second kappa shape index (κ2) is 6.26. The Morgan fingerprint density at radius 2 is 2.17 bits per heavy atom. The Kier molecular flexibility index (Phi) is 3.96. The second-order valence-electron chi connectivity index (χ2n) is 6.74. The highest BCUT2D eigenvalue weighted by Crippen LogP contribution is 2.29. The Morgan fingerprint density at radius 1 is 1.33 bits per heavy atom. The summed E-state index contributed by atoms with van der Waals surface area (Å²) in [4.78, 5) is 21.3. The molecule has 6 heteroatoms. The van der Waals surface area contributed by atoms with Gasteiger partial charge < -0.3 is 15.0 Å².